The highest BCUT2D eigenvalue weighted by Crippen LogP contribution is 2.19. The van der Waals surface area contributed by atoms with Crippen LogP contribution >= 0.6 is 0 Å². The number of primary amides is 1. The van der Waals surface area contributed by atoms with Crippen molar-refractivity contribution in [1.29, 1.82) is 0 Å². The molecule has 1 aliphatic rings. The molecule has 1 saturated heterocycles. The van der Waals surface area contributed by atoms with Crippen molar-refractivity contribution in [3.63, 3.8) is 0 Å². The van der Waals surface area contributed by atoms with E-state index in [4.69, 9.17) is 5.73 Å². The van der Waals surface area contributed by atoms with Crippen molar-refractivity contribution < 1.29 is 18.8 Å². The third-order valence-electron chi connectivity index (χ3n) is 4.81. The van der Waals surface area contributed by atoms with Gasteiger partial charge in [-0.2, -0.15) is 0 Å². The SMILES string of the molecule is CC(C)(C)N(CC(=O)Nc1ccc(F)cc1)C(=O)CN1CCC[C@@H](C(N)=O)C1. The van der Waals surface area contributed by atoms with Crippen molar-refractivity contribution in [2.45, 2.75) is 39.2 Å². The van der Waals surface area contributed by atoms with Crippen molar-refractivity contribution in [3.8, 4) is 0 Å². The Hall–Kier alpha value is -2.48. The molecule has 7 nitrogen and oxygen atoms in total. The number of likely N-dealkylation sites (tertiary alicyclic amines) is 1. The molecule has 3 N–H and O–H groups in total. The van der Waals surface area contributed by atoms with E-state index in [-0.39, 0.29) is 42.5 Å². The molecule has 1 aromatic rings. The van der Waals surface area contributed by atoms with Crippen molar-refractivity contribution in [1.82, 2.24) is 9.80 Å². The fourth-order valence-electron chi connectivity index (χ4n) is 3.28. The van der Waals surface area contributed by atoms with Crippen molar-refractivity contribution in [3.05, 3.63) is 30.1 Å². The Morgan fingerprint density at radius 3 is 2.46 bits per heavy atom. The third-order valence-corrected chi connectivity index (χ3v) is 4.81. The number of rotatable bonds is 6. The number of nitrogens with zero attached hydrogens (tertiary/aromatic N) is 2. The molecule has 3 amide bonds. The second-order valence-corrected chi connectivity index (χ2v) is 8.18. The molecule has 8 heteroatoms. The minimum absolute atomic E-state index is 0.118. The Morgan fingerprint density at radius 1 is 1.25 bits per heavy atom. The predicted molar refractivity (Wildman–Crippen MR) is 105 cm³/mol. The van der Waals surface area contributed by atoms with E-state index in [1.54, 1.807) is 0 Å². The van der Waals surface area contributed by atoms with Gasteiger partial charge in [-0.25, -0.2) is 4.39 Å². The topological polar surface area (TPSA) is 95.7 Å². The molecule has 1 heterocycles. The number of amides is 3. The standard InChI is InChI=1S/C20H29FN4O3/c1-20(2,3)25(12-17(26)23-16-8-6-15(21)7-9-16)18(27)13-24-10-4-5-14(11-24)19(22)28/h6-9,14H,4-5,10-13H2,1-3H3,(H2,22,28)(H,23,26)/t14-/m1/s1. The summed E-state index contributed by atoms with van der Waals surface area (Å²) < 4.78 is 13.0. The number of hydrogen-bond acceptors (Lipinski definition) is 4. The van der Waals surface area contributed by atoms with E-state index in [1.807, 2.05) is 25.7 Å². The highest BCUT2D eigenvalue weighted by Gasteiger charge is 2.31. The molecule has 0 bridgehead atoms. The molecule has 0 aromatic heterocycles. The number of nitrogens with two attached hydrogens (primary N) is 1. The lowest BCUT2D eigenvalue weighted by atomic mass is 9.97. The second-order valence-electron chi connectivity index (χ2n) is 8.18. The smallest absolute Gasteiger partial charge is 0.244 e. The molecular formula is C20H29FN4O3. The summed E-state index contributed by atoms with van der Waals surface area (Å²) in [4.78, 5) is 40.2. The zero-order valence-corrected chi connectivity index (χ0v) is 16.7. The van der Waals surface area contributed by atoms with Crippen molar-refractivity contribution >= 4 is 23.4 Å². The van der Waals surface area contributed by atoms with E-state index in [1.165, 1.54) is 29.2 Å². The van der Waals surface area contributed by atoms with E-state index in [0.29, 0.717) is 12.2 Å². The van der Waals surface area contributed by atoms with Crippen LogP contribution in [0.2, 0.25) is 0 Å². The predicted octanol–water partition coefficient (Wildman–Crippen LogP) is 1.59. The summed E-state index contributed by atoms with van der Waals surface area (Å²) in [5.74, 6) is -1.52. The Kier molecular flexibility index (Phi) is 7.12. The fraction of sp³-hybridized carbons (Fsp3) is 0.550. The number of nitrogens with one attached hydrogen (secondary N) is 1. The van der Waals surface area contributed by atoms with Crippen LogP contribution in [-0.2, 0) is 14.4 Å². The molecule has 28 heavy (non-hydrogen) atoms. The van der Waals surface area contributed by atoms with Gasteiger partial charge >= 0.3 is 0 Å². The molecule has 0 saturated carbocycles. The first-order valence-corrected chi connectivity index (χ1v) is 9.44. The molecular weight excluding hydrogens is 363 g/mol. The quantitative estimate of drug-likeness (QED) is 0.768. The summed E-state index contributed by atoms with van der Waals surface area (Å²) in [5.41, 5.74) is 5.31. The summed E-state index contributed by atoms with van der Waals surface area (Å²) >= 11 is 0. The van der Waals surface area contributed by atoms with Gasteiger partial charge in [-0.3, -0.25) is 19.3 Å². The molecule has 1 fully saturated rings. The average molecular weight is 392 g/mol. The minimum atomic E-state index is -0.559. The molecule has 2 rings (SSSR count). The number of anilines is 1. The van der Waals surface area contributed by atoms with Gasteiger partial charge in [-0.1, -0.05) is 0 Å². The van der Waals surface area contributed by atoms with Crippen LogP contribution in [0.4, 0.5) is 10.1 Å². The molecule has 0 radical (unpaired) electrons. The van der Waals surface area contributed by atoms with Crippen LogP contribution in [0.5, 0.6) is 0 Å². The van der Waals surface area contributed by atoms with Crippen LogP contribution in [0, 0.1) is 11.7 Å². The van der Waals surface area contributed by atoms with Crippen LogP contribution in [0.3, 0.4) is 0 Å². The minimum Gasteiger partial charge on any atom is -0.369 e. The van der Waals surface area contributed by atoms with Gasteiger partial charge in [0.05, 0.1) is 12.5 Å². The van der Waals surface area contributed by atoms with Crippen molar-refractivity contribution in [2.75, 3.05) is 31.5 Å². The number of carbonyl (C=O) groups is 3. The van der Waals surface area contributed by atoms with Crippen LogP contribution < -0.4 is 11.1 Å². The number of piperidine rings is 1. The van der Waals surface area contributed by atoms with E-state index in [0.717, 1.165) is 19.4 Å². The number of carbonyl (C=O) groups excluding carboxylic acids is 3. The van der Waals surface area contributed by atoms with Crippen LogP contribution in [0.25, 0.3) is 0 Å². The maximum atomic E-state index is 13.0. The van der Waals surface area contributed by atoms with E-state index < -0.39 is 5.54 Å². The maximum Gasteiger partial charge on any atom is 0.244 e. The zero-order chi connectivity index (χ0) is 20.9. The lowest BCUT2D eigenvalue weighted by molar-refractivity contribution is -0.141. The first-order chi connectivity index (χ1) is 13.1. The largest absolute Gasteiger partial charge is 0.369 e. The Morgan fingerprint density at radius 2 is 1.89 bits per heavy atom. The second kappa shape index (κ2) is 9.14. The maximum absolute atomic E-state index is 13.0. The fourth-order valence-corrected chi connectivity index (χ4v) is 3.28. The zero-order valence-electron chi connectivity index (χ0n) is 16.7. The number of hydrogen-bond donors (Lipinski definition) is 2. The Balaban J connectivity index is 2.00. The number of benzene rings is 1. The van der Waals surface area contributed by atoms with E-state index in [2.05, 4.69) is 5.32 Å². The van der Waals surface area contributed by atoms with Gasteiger partial charge in [0.15, 0.2) is 0 Å². The first-order valence-electron chi connectivity index (χ1n) is 9.44. The van der Waals surface area contributed by atoms with Crippen LogP contribution in [0.15, 0.2) is 24.3 Å². The third kappa shape index (κ3) is 6.30. The first kappa shape index (κ1) is 21.8. The van der Waals surface area contributed by atoms with Gasteiger partial charge in [0.25, 0.3) is 0 Å². The highest BCUT2D eigenvalue weighted by molar-refractivity contribution is 5.95. The lowest BCUT2D eigenvalue weighted by Crippen LogP contribution is -2.53. The molecule has 0 aliphatic carbocycles. The summed E-state index contributed by atoms with van der Waals surface area (Å²) in [6, 6.07) is 5.45. The molecule has 1 aromatic carbocycles. The molecule has 154 valence electrons. The monoisotopic (exact) mass is 392 g/mol. The van der Waals surface area contributed by atoms with Crippen LogP contribution in [-0.4, -0.2) is 59.2 Å². The van der Waals surface area contributed by atoms with Crippen molar-refractivity contribution in [2.24, 2.45) is 11.7 Å². The Labute approximate surface area is 165 Å². The lowest BCUT2D eigenvalue weighted by Gasteiger charge is -2.38. The summed E-state index contributed by atoms with van der Waals surface area (Å²) in [5, 5.41) is 2.68. The van der Waals surface area contributed by atoms with Gasteiger partial charge in [0.2, 0.25) is 17.7 Å². The van der Waals surface area contributed by atoms with Crippen LogP contribution in [0.1, 0.15) is 33.6 Å². The summed E-state index contributed by atoms with van der Waals surface area (Å²) in [6.45, 7) is 6.77. The van der Waals surface area contributed by atoms with Gasteiger partial charge < -0.3 is 16.0 Å². The van der Waals surface area contributed by atoms with Gasteiger partial charge in [0.1, 0.15) is 12.4 Å². The van der Waals surface area contributed by atoms with E-state index >= 15 is 0 Å². The molecule has 0 unspecified atom stereocenters. The molecule has 1 aliphatic heterocycles. The number of halogens is 1. The Bertz CT molecular complexity index is 715. The summed E-state index contributed by atoms with van der Waals surface area (Å²) in [7, 11) is 0. The average Bonchev–Trinajstić information content (AvgIpc) is 2.61. The van der Waals surface area contributed by atoms with E-state index in [9.17, 15) is 18.8 Å². The van der Waals surface area contributed by atoms with Gasteiger partial charge in [-0.05, 0) is 64.4 Å². The molecule has 0 spiro atoms. The van der Waals surface area contributed by atoms with Gasteiger partial charge in [-0.15, -0.1) is 0 Å². The highest BCUT2D eigenvalue weighted by atomic mass is 19.1. The molecule has 1 atom stereocenters. The normalized spacial score (nSPS) is 17.8. The summed E-state index contributed by atoms with van der Waals surface area (Å²) in [6.07, 6.45) is 1.55. The van der Waals surface area contributed by atoms with Gasteiger partial charge in [0, 0.05) is 17.8 Å².